The number of benzene rings is 1. The molecule has 0 saturated heterocycles. The number of carbonyl (C=O) groups is 5. The fourth-order valence-corrected chi connectivity index (χ4v) is 4.15. The maximum atomic E-state index is 13.0. The van der Waals surface area contributed by atoms with E-state index in [1.54, 1.807) is 24.3 Å². The quantitative estimate of drug-likeness (QED) is 0.497. The van der Waals surface area contributed by atoms with Crippen molar-refractivity contribution < 1.29 is 29.1 Å². The Morgan fingerprint density at radius 2 is 1.83 bits per heavy atom. The lowest BCUT2D eigenvalue weighted by Crippen LogP contribution is -2.45. The van der Waals surface area contributed by atoms with E-state index in [0.717, 1.165) is 6.42 Å². The summed E-state index contributed by atoms with van der Waals surface area (Å²) < 4.78 is 0. The van der Waals surface area contributed by atoms with Gasteiger partial charge in [0.05, 0.1) is 18.0 Å². The van der Waals surface area contributed by atoms with Gasteiger partial charge in [0.15, 0.2) is 5.78 Å². The number of nitrogens with one attached hydrogen (secondary N) is 2. The van der Waals surface area contributed by atoms with Crippen molar-refractivity contribution in [1.82, 2.24) is 10.6 Å². The molecule has 30 heavy (non-hydrogen) atoms. The van der Waals surface area contributed by atoms with Crippen LogP contribution in [0.5, 0.6) is 0 Å². The summed E-state index contributed by atoms with van der Waals surface area (Å²) in [6, 6.07) is 7.63. The van der Waals surface area contributed by atoms with Crippen LogP contribution in [0.15, 0.2) is 30.3 Å². The van der Waals surface area contributed by atoms with E-state index in [1.165, 1.54) is 0 Å². The molecule has 3 N–H and O–H groups in total. The molecule has 8 nitrogen and oxygen atoms in total. The summed E-state index contributed by atoms with van der Waals surface area (Å²) in [4.78, 5) is 59.8. The molecular formula is C22H26N2O6. The molecule has 2 aliphatic rings. The van der Waals surface area contributed by atoms with Crippen LogP contribution in [0.2, 0.25) is 0 Å². The summed E-state index contributed by atoms with van der Waals surface area (Å²) in [5.74, 6) is -2.54. The Hall–Kier alpha value is -3.03. The normalized spacial score (nSPS) is 22.5. The van der Waals surface area contributed by atoms with Crippen molar-refractivity contribution in [2.75, 3.05) is 0 Å². The van der Waals surface area contributed by atoms with E-state index in [4.69, 9.17) is 5.11 Å². The van der Waals surface area contributed by atoms with Crippen LogP contribution >= 0.6 is 0 Å². The summed E-state index contributed by atoms with van der Waals surface area (Å²) in [7, 11) is 0. The van der Waals surface area contributed by atoms with Gasteiger partial charge in [-0.25, -0.2) is 0 Å². The Kier molecular flexibility index (Phi) is 6.64. The lowest BCUT2D eigenvalue weighted by molar-refractivity contribution is -0.139. The second kappa shape index (κ2) is 9.19. The minimum absolute atomic E-state index is 0.0750. The number of carboxylic acid groups (broad SMARTS) is 1. The Labute approximate surface area is 174 Å². The average molecular weight is 414 g/mol. The monoisotopic (exact) mass is 414 g/mol. The number of aldehydes is 1. The maximum absolute atomic E-state index is 13.0. The molecule has 0 heterocycles. The summed E-state index contributed by atoms with van der Waals surface area (Å²) in [5.41, 5.74) is -0.362. The number of carbonyl (C=O) groups excluding carboxylic acids is 4. The van der Waals surface area contributed by atoms with Crippen molar-refractivity contribution in [2.24, 2.45) is 11.8 Å². The van der Waals surface area contributed by atoms with Crippen LogP contribution in [0, 0.1) is 11.8 Å². The molecule has 0 aliphatic heterocycles. The fraction of sp³-hybridized carbons (Fsp3) is 0.500. The minimum atomic E-state index is -1.17. The average Bonchev–Trinajstić information content (AvgIpc) is 3.36. The van der Waals surface area contributed by atoms with Crippen molar-refractivity contribution in [3.8, 4) is 0 Å². The Morgan fingerprint density at radius 1 is 1.13 bits per heavy atom. The number of aliphatic carboxylic acids is 1. The summed E-state index contributed by atoms with van der Waals surface area (Å²) in [5, 5.41) is 14.2. The Morgan fingerprint density at radius 3 is 2.43 bits per heavy atom. The zero-order chi connectivity index (χ0) is 21.7. The molecule has 160 valence electrons. The number of hydrogen-bond acceptors (Lipinski definition) is 5. The molecule has 3 atom stereocenters. The van der Waals surface area contributed by atoms with Gasteiger partial charge in [0, 0.05) is 17.9 Å². The molecule has 0 radical (unpaired) electrons. The number of Topliss-reactive ketones (excluding diaryl/α,β-unsaturated/α-hetero) is 1. The Balaban J connectivity index is 1.58. The summed E-state index contributed by atoms with van der Waals surface area (Å²) in [6.45, 7) is 0. The van der Waals surface area contributed by atoms with Crippen molar-refractivity contribution in [3.05, 3.63) is 35.9 Å². The zero-order valence-electron chi connectivity index (χ0n) is 16.6. The van der Waals surface area contributed by atoms with Gasteiger partial charge < -0.3 is 20.5 Å². The predicted molar refractivity (Wildman–Crippen MR) is 107 cm³/mol. The van der Waals surface area contributed by atoms with Crippen LogP contribution in [-0.4, -0.2) is 46.5 Å². The molecular weight excluding hydrogens is 388 g/mol. The highest BCUT2D eigenvalue weighted by atomic mass is 16.4. The number of carboxylic acids is 1. The van der Waals surface area contributed by atoms with Gasteiger partial charge in [-0.3, -0.25) is 19.2 Å². The van der Waals surface area contributed by atoms with Crippen molar-refractivity contribution in [2.45, 2.75) is 56.5 Å². The smallest absolute Gasteiger partial charge is 0.305 e. The van der Waals surface area contributed by atoms with Crippen molar-refractivity contribution in [1.29, 1.82) is 0 Å². The SMILES string of the molecule is O=CC(CC(=O)O)NC(=O)[C@@H]1CCCC1CC(=O)C1(NC(=O)c2ccccc2)CC1. The minimum Gasteiger partial charge on any atom is -0.481 e. The van der Waals surface area contributed by atoms with E-state index in [9.17, 15) is 24.0 Å². The standard InChI is InChI=1S/C22H26N2O6/c25-13-16(12-19(27)28)23-21(30)17-8-4-7-15(17)11-18(26)22(9-10-22)24-20(29)14-5-2-1-3-6-14/h1-3,5-6,13,15-17H,4,7-12H2,(H,23,30)(H,24,29)(H,27,28)/t15?,16?,17-/m1/s1. The van der Waals surface area contributed by atoms with Gasteiger partial charge in [0.25, 0.3) is 5.91 Å². The first-order chi connectivity index (χ1) is 14.3. The highest BCUT2D eigenvalue weighted by Gasteiger charge is 2.51. The topological polar surface area (TPSA) is 130 Å². The maximum Gasteiger partial charge on any atom is 0.305 e. The van der Waals surface area contributed by atoms with Gasteiger partial charge in [0.1, 0.15) is 6.29 Å². The number of ketones is 1. The molecule has 8 heteroatoms. The number of hydrogen-bond donors (Lipinski definition) is 3. The van der Waals surface area contributed by atoms with E-state index >= 15 is 0 Å². The lowest BCUT2D eigenvalue weighted by Gasteiger charge is -2.23. The number of rotatable bonds is 10. The van der Waals surface area contributed by atoms with Crippen molar-refractivity contribution in [3.63, 3.8) is 0 Å². The molecule has 1 aromatic rings. The Bertz CT molecular complexity index is 833. The largest absolute Gasteiger partial charge is 0.481 e. The van der Waals surface area contributed by atoms with Gasteiger partial charge in [-0.1, -0.05) is 24.6 Å². The van der Waals surface area contributed by atoms with Crippen LogP contribution < -0.4 is 10.6 Å². The molecule has 2 aliphatic carbocycles. The van der Waals surface area contributed by atoms with Crippen LogP contribution in [0.1, 0.15) is 55.3 Å². The van der Waals surface area contributed by atoms with Gasteiger partial charge in [-0.15, -0.1) is 0 Å². The predicted octanol–water partition coefficient (Wildman–Crippen LogP) is 1.48. The molecule has 0 spiro atoms. The van der Waals surface area contributed by atoms with Gasteiger partial charge in [-0.2, -0.15) is 0 Å². The van der Waals surface area contributed by atoms with E-state index < -0.39 is 29.9 Å². The van der Waals surface area contributed by atoms with Gasteiger partial charge >= 0.3 is 5.97 Å². The summed E-state index contributed by atoms with van der Waals surface area (Å²) >= 11 is 0. The first-order valence-corrected chi connectivity index (χ1v) is 10.2. The molecule has 2 saturated carbocycles. The molecule has 0 bridgehead atoms. The van der Waals surface area contributed by atoms with Crippen LogP contribution in [-0.2, 0) is 19.2 Å². The molecule has 2 unspecified atom stereocenters. The first kappa shape index (κ1) is 21.7. The molecule has 2 amide bonds. The second-order valence-electron chi connectivity index (χ2n) is 8.18. The van der Waals surface area contributed by atoms with E-state index in [0.29, 0.717) is 37.5 Å². The zero-order valence-corrected chi connectivity index (χ0v) is 16.6. The van der Waals surface area contributed by atoms with Crippen molar-refractivity contribution >= 4 is 29.9 Å². The van der Waals surface area contributed by atoms with E-state index in [2.05, 4.69) is 10.6 Å². The van der Waals surface area contributed by atoms with Crippen LogP contribution in [0.3, 0.4) is 0 Å². The van der Waals surface area contributed by atoms with Gasteiger partial charge in [0.2, 0.25) is 5.91 Å². The first-order valence-electron chi connectivity index (χ1n) is 10.2. The highest BCUT2D eigenvalue weighted by Crippen LogP contribution is 2.42. The van der Waals surface area contributed by atoms with Crippen LogP contribution in [0.4, 0.5) is 0 Å². The molecule has 2 fully saturated rings. The third-order valence-electron chi connectivity index (χ3n) is 6.00. The summed E-state index contributed by atoms with van der Waals surface area (Å²) in [6.07, 6.45) is 3.37. The van der Waals surface area contributed by atoms with Gasteiger partial charge in [-0.05, 0) is 43.7 Å². The molecule has 1 aromatic carbocycles. The highest BCUT2D eigenvalue weighted by molar-refractivity contribution is 6.01. The van der Waals surface area contributed by atoms with Crippen LogP contribution in [0.25, 0.3) is 0 Å². The third-order valence-corrected chi connectivity index (χ3v) is 6.00. The third kappa shape index (κ3) is 5.11. The fourth-order valence-electron chi connectivity index (χ4n) is 4.15. The molecule has 0 aromatic heterocycles. The second-order valence-corrected chi connectivity index (χ2v) is 8.18. The lowest BCUT2D eigenvalue weighted by atomic mass is 9.87. The van der Waals surface area contributed by atoms with E-state index in [-0.39, 0.29) is 29.9 Å². The molecule has 3 rings (SSSR count). The van der Waals surface area contributed by atoms with E-state index in [1.807, 2.05) is 6.07 Å². The number of amides is 2.